The minimum absolute atomic E-state index is 0.127. The summed E-state index contributed by atoms with van der Waals surface area (Å²) in [6.45, 7) is 1.78. The number of thiophene rings is 1. The highest BCUT2D eigenvalue weighted by Gasteiger charge is 2.04. The van der Waals surface area contributed by atoms with Crippen LogP contribution < -0.4 is 5.43 Å². The van der Waals surface area contributed by atoms with Crippen LogP contribution in [0.1, 0.15) is 17.6 Å². The van der Waals surface area contributed by atoms with Gasteiger partial charge in [-0.05, 0) is 30.5 Å². The Kier molecular flexibility index (Phi) is 3.72. The Bertz CT molecular complexity index is 501. The number of amides is 1. The number of nitrogens with one attached hydrogen (secondary N) is 1. The molecule has 0 unspecified atom stereocenters. The van der Waals surface area contributed by atoms with Crippen molar-refractivity contribution in [2.75, 3.05) is 0 Å². The minimum atomic E-state index is -0.127. The molecule has 2 rings (SSSR count). The predicted molar refractivity (Wildman–Crippen MR) is 67.1 cm³/mol. The number of furan rings is 1. The average molecular weight is 248 g/mol. The summed E-state index contributed by atoms with van der Waals surface area (Å²) in [5.74, 6) is 0.528. The molecular weight excluding hydrogens is 236 g/mol. The van der Waals surface area contributed by atoms with Gasteiger partial charge in [0.05, 0.1) is 12.7 Å². The zero-order valence-corrected chi connectivity index (χ0v) is 10.2. The molecule has 0 aliphatic carbocycles. The number of nitrogens with zero attached hydrogens (tertiary/aromatic N) is 1. The maximum absolute atomic E-state index is 11.5. The van der Waals surface area contributed by atoms with Crippen LogP contribution in [0.25, 0.3) is 0 Å². The van der Waals surface area contributed by atoms with E-state index >= 15 is 0 Å². The third kappa shape index (κ3) is 3.29. The summed E-state index contributed by atoms with van der Waals surface area (Å²) in [4.78, 5) is 12.6. The van der Waals surface area contributed by atoms with Gasteiger partial charge in [-0.1, -0.05) is 6.07 Å². The molecule has 0 aromatic carbocycles. The highest BCUT2D eigenvalue weighted by molar-refractivity contribution is 7.10. The molecule has 5 heteroatoms. The van der Waals surface area contributed by atoms with Crippen LogP contribution in [0.5, 0.6) is 0 Å². The standard InChI is InChI=1S/C12H12N2O2S/c1-9(11-5-2-6-16-11)13-14-12(15)8-10-4-3-7-17-10/h2-7H,8H2,1H3,(H,14,15)/b13-9-. The van der Waals surface area contributed by atoms with E-state index in [0.29, 0.717) is 17.9 Å². The maximum Gasteiger partial charge on any atom is 0.245 e. The molecule has 0 saturated carbocycles. The molecule has 2 aromatic heterocycles. The van der Waals surface area contributed by atoms with Gasteiger partial charge < -0.3 is 4.42 Å². The number of rotatable bonds is 4. The summed E-state index contributed by atoms with van der Waals surface area (Å²) in [5.41, 5.74) is 3.15. The van der Waals surface area contributed by atoms with Gasteiger partial charge in [0, 0.05) is 4.88 Å². The van der Waals surface area contributed by atoms with Crippen molar-refractivity contribution in [1.82, 2.24) is 5.43 Å². The normalized spacial score (nSPS) is 11.5. The fraction of sp³-hybridized carbons (Fsp3) is 0.167. The monoisotopic (exact) mass is 248 g/mol. The topological polar surface area (TPSA) is 54.6 Å². The Labute approximate surface area is 103 Å². The second kappa shape index (κ2) is 5.45. The summed E-state index contributed by atoms with van der Waals surface area (Å²) < 4.78 is 5.15. The number of carbonyl (C=O) groups excluding carboxylic acids is 1. The van der Waals surface area contributed by atoms with Crippen LogP contribution in [0.15, 0.2) is 45.4 Å². The van der Waals surface area contributed by atoms with Gasteiger partial charge in [-0.15, -0.1) is 11.3 Å². The molecule has 0 bridgehead atoms. The summed E-state index contributed by atoms with van der Waals surface area (Å²) in [5, 5.41) is 5.92. The van der Waals surface area contributed by atoms with Crippen LogP contribution in [-0.2, 0) is 11.2 Å². The van der Waals surface area contributed by atoms with Gasteiger partial charge in [0.15, 0.2) is 0 Å². The van der Waals surface area contributed by atoms with Crippen molar-refractivity contribution in [3.05, 3.63) is 46.5 Å². The molecule has 0 spiro atoms. The molecule has 2 heterocycles. The number of hydrazone groups is 1. The van der Waals surface area contributed by atoms with E-state index in [4.69, 9.17) is 4.42 Å². The first-order valence-electron chi connectivity index (χ1n) is 5.15. The summed E-state index contributed by atoms with van der Waals surface area (Å²) in [7, 11) is 0. The van der Waals surface area contributed by atoms with Crippen LogP contribution >= 0.6 is 11.3 Å². The Hall–Kier alpha value is -1.88. The maximum atomic E-state index is 11.5. The van der Waals surface area contributed by atoms with Crippen LogP contribution in [0.3, 0.4) is 0 Å². The Morgan fingerprint density at radius 2 is 2.35 bits per heavy atom. The summed E-state index contributed by atoms with van der Waals surface area (Å²) >= 11 is 1.56. The van der Waals surface area contributed by atoms with Crippen molar-refractivity contribution in [3.8, 4) is 0 Å². The van der Waals surface area contributed by atoms with Crippen molar-refractivity contribution < 1.29 is 9.21 Å². The molecule has 1 N–H and O–H groups in total. The lowest BCUT2D eigenvalue weighted by Gasteiger charge is -1.99. The molecule has 0 saturated heterocycles. The van der Waals surface area contributed by atoms with Gasteiger partial charge in [0.1, 0.15) is 11.5 Å². The molecule has 0 fully saturated rings. The third-order valence-corrected chi connectivity index (χ3v) is 3.02. The second-order valence-corrected chi connectivity index (χ2v) is 4.50. The van der Waals surface area contributed by atoms with Gasteiger partial charge in [-0.25, -0.2) is 5.43 Å². The Morgan fingerprint density at radius 3 is 3.00 bits per heavy atom. The van der Waals surface area contributed by atoms with E-state index in [-0.39, 0.29) is 5.91 Å². The fourth-order valence-electron chi connectivity index (χ4n) is 1.30. The zero-order chi connectivity index (χ0) is 12.1. The summed E-state index contributed by atoms with van der Waals surface area (Å²) in [6.07, 6.45) is 1.93. The Morgan fingerprint density at radius 1 is 1.47 bits per heavy atom. The van der Waals surface area contributed by atoms with E-state index in [1.165, 1.54) is 0 Å². The number of carbonyl (C=O) groups is 1. The molecule has 0 atom stereocenters. The number of hydrogen-bond donors (Lipinski definition) is 1. The van der Waals surface area contributed by atoms with Gasteiger partial charge in [-0.2, -0.15) is 5.10 Å². The van der Waals surface area contributed by atoms with E-state index in [1.807, 2.05) is 17.5 Å². The predicted octanol–water partition coefficient (Wildman–Crippen LogP) is 2.42. The molecule has 88 valence electrons. The van der Waals surface area contributed by atoms with Gasteiger partial charge in [0.2, 0.25) is 5.91 Å². The Balaban J connectivity index is 1.89. The lowest BCUT2D eigenvalue weighted by molar-refractivity contribution is -0.120. The molecule has 4 nitrogen and oxygen atoms in total. The smallest absolute Gasteiger partial charge is 0.245 e. The van der Waals surface area contributed by atoms with E-state index in [9.17, 15) is 4.79 Å². The van der Waals surface area contributed by atoms with Crippen molar-refractivity contribution in [1.29, 1.82) is 0 Å². The lowest BCUT2D eigenvalue weighted by atomic mass is 10.3. The average Bonchev–Trinajstić information content (AvgIpc) is 2.97. The van der Waals surface area contributed by atoms with Crippen molar-refractivity contribution in [2.45, 2.75) is 13.3 Å². The van der Waals surface area contributed by atoms with Gasteiger partial charge in [0.25, 0.3) is 0 Å². The largest absolute Gasteiger partial charge is 0.463 e. The lowest BCUT2D eigenvalue weighted by Crippen LogP contribution is -2.20. The highest BCUT2D eigenvalue weighted by Crippen LogP contribution is 2.08. The molecule has 0 aliphatic heterocycles. The SMILES string of the molecule is C/C(=N/NC(=O)Cc1cccs1)c1ccco1. The first-order valence-corrected chi connectivity index (χ1v) is 6.03. The van der Waals surface area contributed by atoms with E-state index in [1.54, 1.807) is 36.7 Å². The second-order valence-electron chi connectivity index (χ2n) is 3.47. The molecule has 17 heavy (non-hydrogen) atoms. The molecule has 0 aliphatic rings. The third-order valence-electron chi connectivity index (χ3n) is 2.14. The number of hydrogen-bond acceptors (Lipinski definition) is 4. The van der Waals surface area contributed by atoms with E-state index in [2.05, 4.69) is 10.5 Å². The first-order chi connectivity index (χ1) is 8.25. The van der Waals surface area contributed by atoms with Crippen LogP contribution in [0.4, 0.5) is 0 Å². The summed E-state index contributed by atoms with van der Waals surface area (Å²) in [6, 6.07) is 7.42. The van der Waals surface area contributed by atoms with Crippen molar-refractivity contribution in [2.24, 2.45) is 5.10 Å². The highest BCUT2D eigenvalue weighted by atomic mass is 32.1. The minimum Gasteiger partial charge on any atom is -0.463 e. The fourth-order valence-corrected chi connectivity index (χ4v) is 2.00. The molecule has 1 amide bonds. The quantitative estimate of drug-likeness (QED) is 0.667. The van der Waals surface area contributed by atoms with Crippen molar-refractivity contribution in [3.63, 3.8) is 0 Å². The van der Waals surface area contributed by atoms with E-state index in [0.717, 1.165) is 4.88 Å². The van der Waals surface area contributed by atoms with Gasteiger partial charge >= 0.3 is 0 Å². The van der Waals surface area contributed by atoms with Crippen LogP contribution in [0.2, 0.25) is 0 Å². The molecule has 0 radical (unpaired) electrons. The van der Waals surface area contributed by atoms with Crippen LogP contribution in [0, 0.1) is 0 Å². The molecule has 2 aromatic rings. The van der Waals surface area contributed by atoms with Crippen molar-refractivity contribution >= 4 is 23.0 Å². The first kappa shape index (κ1) is 11.6. The van der Waals surface area contributed by atoms with Crippen LogP contribution in [-0.4, -0.2) is 11.6 Å². The van der Waals surface area contributed by atoms with Gasteiger partial charge in [-0.3, -0.25) is 4.79 Å². The zero-order valence-electron chi connectivity index (χ0n) is 9.34. The molecular formula is C12H12N2O2S. The van der Waals surface area contributed by atoms with E-state index < -0.39 is 0 Å².